The Morgan fingerprint density at radius 2 is 1.84 bits per heavy atom. The van der Waals surface area contributed by atoms with Gasteiger partial charge in [-0.3, -0.25) is 9.36 Å². The molecule has 0 aliphatic carbocycles. The SMILES string of the molecule is CCOC(=O)C1=C(C)N=c2s/c(=C/c3ccc(Cl)cc3)c(=O)n2[C@H]1c1ccc(C)cc1. The summed E-state index contributed by atoms with van der Waals surface area (Å²) in [6.07, 6.45) is 1.82. The number of halogens is 1. The molecule has 0 saturated heterocycles. The second kappa shape index (κ2) is 8.65. The van der Waals surface area contributed by atoms with Crippen LogP contribution in [-0.2, 0) is 9.53 Å². The van der Waals surface area contributed by atoms with Crippen molar-refractivity contribution in [3.63, 3.8) is 0 Å². The summed E-state index contributed by atoms with van der Waals surface area (Å²) in [4.78, 5) is 31.4. The van der Waals surface area contributed by atoms with E-state index in [1.54, 1.807) is 30.5 Å². The van der Waals surface area contributed by atoms with Crippen molar-refractivity contribution >= 4 is 35.0 Å². The number of esters is 1. The van der Waals surface area contributed by atoms with Crippen LogP contribution < -0.4 is 14.9 Å². The molecule has 5 nitrogen and oxygen atoms in total. The Labute approximate surface area is 188 Å². The van der Waals surface area contributed by atoms with Gasteiger partial charge in [0.05, 0.1) is 28.5 Å². The molecule has 0 spiro atoms. The number of fused-ring (bicyclic) bond motifs is 1. The smallest absolute Gasteiger partial charge is 0.338 e. The number of rotatable bonds is 4. The van der Waals surface area contributed by atoms with Gasteiger partial charge in [-0.1, -0.05) is 64.9 Å². The molecule has 0 saturated carbocycles. The summed E-state index contributed by atoms with van der Waals surface area (Å²) in [6.45, 7) is 5.78. The van der Waals surface area contributed by atoms with Gasteiger partial charge in [0.2, 0.25) is 0 Å². The summed E-state index contributed by atoms with van der Waals surface area (Å²) in [6, 6.07) is 14.5. The standard InChI is InChI=1S/C24H21ClN2O3S/c1-4-30-23(29)20-15(3)26-24-27(21(20)17-9-5-14(2)6-10-17)22(28)19(31-24)13-16-7-11-18(25)12-8-16/h5-13,21H,4H2,1-3H3/b19-13+/t21-/m0/s1. The fourth-order valence-electron chi connectivity index (χ4n) is 3.57. The van der Waals surface area contributed by atoms with Gasteiger partial charge in [-0.25, -0.2) is 9.79 Å². The molecule has 1 aromatic heterocycles. The topological polar surface area (TPSA) is 60.7 Å². The van der Waals surface area contributed by atoms with Crippen molar-refractivity contribution in [2.24, 2.45) is 4.99 Å². The molecule has 0 N–H and O–H groups in total. The summed E-state index contributed by atoms with van der Waals surface area (Å²) < 4.78 is 7.44. The quantitative estimate of drug-likeness (QED) is 0.566. The van der Waals surface area contributed by atoms with Gasteiger partial charge in [0.15, 0.2) is 4.80 Å². The molecule has 0 radical (unpaired) electrons. The zero-order chi connectivity index (χ0) is 22.1. The Bertz CT molecular complexity index is 1350. The van der Waals surface area contributed by atoms with Gasteiger partial charge in [0.1, 0.15) is 0 Å². The van der Waals surface area contributed by atoms with E-state index in [0.29, 0.717) is 25.6 Å². The van der Waals surface area contributed by atoms with Crippen molar-refractivity contribution in [3.05, 3.63) is 101 Å². The number of hydrogen-bond acceptors (Lipinski definition) is 5. The highest BCUT2D eigenvalue weighted by Crippen LogP contribution is 2.30. The third kappa shape index (κ3) is 4.13. The number of benzene rings is 2. The average molecular weight is 453 g/mol. The minimum atomic E-state index is -0.594. The van der Waals surface area contributed by atoms with Gasteiger partial charge in [-0.2, -0.15) is 0 Å². The van der Waals surface area contributed by atoms with Gasteiger partial charge >= 0.3 is 5.97 Å². The lowest BCUT2D eigenvalue weighted by Crippen LogP contribution is -2.39. The summed E-state index contributed by atoms with van der Waals surface area (Å²) in [5.74, 6) is -0.457. The molecule has 31 heavy (non-hydrogen) atoms. The molecule has 1 aliphatic rings. The van der Waals surface area contributed by atoms with Gasteiger partial charge in [0.25, 0.3) is 5.56 Å². The molecule has 1 atom stereocenters. The molecule has 158 valence electrons. The Morgan fingerprint density at radius 3 is 2.48 bits per heavy atom. The number of nitrogens with zero attached hydrogens (tertiary/aromatic N) is 2. The molecule has 0 amide bonds. The van der Waals surface area contributed by atoms with Crippen LogP contribution in [-0.4, -0.2) is 17.1 Å². The summed E-state index contributed by atoms with van der Waals surface area (Å²) in [5.41, 5.74) is 3.54. The highest BCUT2D eigenvalue weighted by Gasteiger charge is 2.33. The van der Waals surface area contributed by atoms with E-state index in [1.165, 1.54) is 11.3 Å². The number of aryl methyl sites for hydroxylation is 1. The molecule has 4 rings (SSSR count). The maximum Gasteiger partial charge on any atom is 0.338 e. The van der Waals surface area contributed by atoms with Gasteiger partial charge in [0, 0.05) is 5.02 Å². The van der Waals surface area contributed by atoms with E-state index in [2.05, 4.69) is 4.99 Å². The third-order valence-corrected chi connectivity index (χ3v) is 6.31. The van der Waals surface area contributed by atoms with E-state index in [1.807, 2.05) is 49.4 Å². The average Bonchev–Trinajstić information content (AvgIpc) is 3.04. The Morgan fingerprint density at radius 1 is 1.16 bits per heavy atom. The van der Waals surface area contributed by atoms with Gasteiger partial charge in [-0.05, 0) is 50.1 Å². The molecule has 0 fully saturated rings. The molecule has 3 aromatic rings. The normalized spacial score (nSPS) is 16.1. The van der Waals surface area contributed by atoms with E-state index >= 15 is 0 Å². The zero-order valence-electron chi connectivity index (χ0n) is 17.4. The van der Waals surface area contributed by atoms with Crippen LogP contribution in [0.5, 0.6) is 0 Å². The first kappa shape index (κ1) is 21.3. The molecule has 2 heterocycles. The predicted molar refractivity (Wildman–Crippen MR) is 123 cm³/mol. The lowest BCUT2D eigenvalue weighted by Gasteiger charge is -2.24. The number of carbonyl (C=O) groups is 1. The molecule has 2 aromatic carbocycles. The number of hydrogen-bond donors (Lipinski definition) is 0. The van der Waals surface area contributed by atoms with E-state index in [9.17, 15) is 9.59 Å². The van der Waals surface area contributed by atoms with Crippen LogP contribution in [0.3, 0.4) is 0 Å². The van der Waals surface area contributed by atoms with Crippen LogP contribution >= 0.6 is 22.9 Å². The van der Waals surface area contributed by atoms with E-state index in [0.717, 1.165) is 16.7 Å². The lowest BCUT2D eigenvalue weighted by atomic mass is 9.95. The van der Waals surface area contributed by atoms with Crippen LogP contribution in [0, 0.1) is 6.92 Å². The number of carbonyl (C=O) groups excluding carboxylic acids is 1. The monoisotopic (exact) mass is 452 g/mol. The third-order valence-electron chi connectivity index (χ3n) is 5.08. The largest absolute Gasteiger partial charge is 0.463 e. The van der Waals surface area contributed by atoms with Crippen molar-refractivity contribution in [1.82, 2.24) is 4.57 Å². The Balaban J connectivity index is 1.94. The molecule has 1 aliphatic heterocycles. The Hall–Kier alpha value is -2.96. The predicted octanol–water partition coefficient (Wildman–Crippen LogP) is 3.76. The fraction of sp³-hybridized carbons (Fsp3) is 0.208. The molecule has 0 bridgehead atoms. The minimum Gasteiger partial charge on any atom is -0.463 e. The second-order valence-electron chi connectivity index (χ2n) is 7.26. The molecule has 0 unspecified atom stereocenters. The van der Waals surface area contributed by atoms with Gasteiger partial charge < -0.3 is 4.74 Å². The van der Waals surface area contributed by atoms with Gasteiger partial charge in [-0.15, -0.1) is 0 Å². The zero-order valence-corrected chi connectivity index (χ0v) is 19.0. The second-order valence-corrected chi connectivity index (χ2v) is 8.71. The maximum atomic E-state index is 13.4. The van der Waals surface area contributed by atoms with Crippen molar-refractivity contribution in [3.8, 4) is 0 Å². The van der Waals surface area contributed by atoms with E-state index in [4.69, 9.17) is 16.3 Å². The molecular formula is C24H21ClN2O3S. The molecular weight excluding hydrogens is 432 g/mol. The number of allylic oxidation sites excluding steroid dienone is 1. The summed E-state index contributed by atoms with van der Waals surface area (Å²) in [7, 11) is 0. The van der Waals surface area contributed by atoms with Crippen LogP contribution in [0.25, 0.3) is 6.08 Å². The van der Waals surface area contributed by atoms with Crippen molar-refractivity contribution < 1.29 is 9.53 Å². The first-order chi connectivity index (χ1) is 14.9. The Kier molecular flexibility index (Phi) is 5.94. The van der Waals surface area contributed by atoms with Crippen molar-refractivity contribution in [1.29, 1.82) is 0 Å². The lowest BCUT2D eigenvalue weighted by molar-refractivity contribution is -0.139. The first-order valence-corrected chi connectivity index (χ1v) is 11.1. The number of aromatic nitrogens is 1. The minimum absolute atomic E-state index is 0.196. The maximum absolute atomic E-state index is 13.4. The van der Waals surface area contributed by atoms with Crippen molar-refractivity contribution in [2.75, 3.05) is 6.61 Å². The first-order valence-electron chi connectivity index (χ1n) is 9.91. The number of thiazole rings is 1. The molecule has 7 heteroatoms. The van der Waals surface area contributed by atoms with E-state index < -0.39 is 12.0 Å². The summed E-state index contributed by atoms with van der Waals surface area (Å²) >= 11 is 7.27. The van der Waals surface area contributed by atoms with Crippen molar-refractivity contribution in [2.45, 2.75) is 26.8 Å². The number of ether oxygens (including phenoxy) is 1. The van der Waals surface area contributed by atoms with Crippen LogP contribution in [0.4, 0.5) is 0 Å². The highest BCUT2D eigenvalue weighted by atomic mass is 35.5. The van der Waals surface area contributed by atoms with Crippen LogP contribution in [0.2, 0.25) is 5.02 Å². The van der Waals surface area contributed by atoms with E-state index in [-0.39, 0.29) is 12.2 Å². The fourth-order valence-corrected chi connectivity index (χ4v) is 4.74. The van der Waals surface area contributed by atoms with Crippen LogP contribution in [0.1, 0.15) is 36.6 Å². The summed E-state index contributed by atoms with van der Waals surface area (Å²) in [5, 5.41) is 0.632. The highest BCUT2D eigenvalue weighted by molar-refractivity contribution is 7.07. The van der Waals surface area contributed by atoms with Crippen LogP contribution in [0.15, 0.2) is 69.6 Å².